The second-order valence-electron chi connectivity index (χ2n) is 9.87. The zero-order valence-corrected chi connectivity index (χ0v) is 17.8. The van der Waals surface area contributed by atoms with Crippen LogP contribution < -0.4 is 4.74 Å². The quantitative estimate of drug-likeness (QED) is 0.673. The Morgan fingerprint density at radius 1 is 1.03 bits per heavy atom. The maximum absolute atomic E-state index is 13.8. The number of piperidine rings is 1. The topological polar surface area (TPSA) is 38.8 Å². The van der Waals surface area contributed by atoms with Crippen LogP contribution in [0.2, 0.25) is 0 Å². The minimum absolute atomic E-state index is 0.000736. The van der Waals surface area contributed by atoms with Gasteiger partial charge in [0, 0.05) is 35.5 Å². The third-order valence-electron chi connectivity index (χ3n) is 8.37. The van der Waals surface area contributed by atoms with Crippen molar-refractivity contribution in [2.75, 3.05) is 7.05 Å². The first-order valence-corrected chi connectivity index (χ1v) is 11.3. The Labute approximate surface area is 178 Å². The molecule has 0 aromatic heterocycles. The summed E-state index contributed by atoms with van der Waals surface area (Å²) < 4.78 is 12.5. The summed E-state index contributed by atoms with van der Waals surface area (Å²) in [7, 11) is 2.29. The third-order valence-corrected chi connectivity index (χ3v) is 8.37. The highest BCUT2D eigenvalue weighted by Gasteiger charge is 2.58. The Bertz CT molecular complexity index is 967. The summed E-state index contributed by atoms with van der Waals surface area (Å²) in [6.07, 6.45) is 7.07. The fraction of sp³-hybridized carbons (Fsp3) is 0.500. The first-order chi connectivity index (χ1) is 14.5. The van der Waals surface area contributed by atoms with Crippen LogP contribution in [0.25, 0.3) is 0 Å². The Kier molecular flexibility index (Phi) is 3.89. The molecule has 1 aliphatic carbocycles. The molecule has 0 radical (unpaired) electrons. The molecule has 4 nitrogen and oxygen atoms in total. The van der Waals surface area contributed by atoms with E-state index in [1.54, 1.807) is 0 Å². The zero-order valence-electron chi connectivity index (χ0n) is 17.8. The van der Waals surface area contributed by atoms with Crippen molar-refractivity contribution < 1.29 is 14.3 Å². The van der Waals surface area contributed by atoms with Crippen molar-refractivity contribution in [2.45, 2.75) is 68.5 Å². The molecule has 3 atom stereocenters. The smallest absolute Gasteiger partial charge is 0.321 e. The van der Waals surface area contributed by atoms with Gasteiger partial charge in [-0.15, -0.1) is 0 Å². The van der Waals surface area contributed by atoms with E-state index < -0.39 is 5.41 Å². The van der Waals surface area contributed by atoms with E-state index in [0.717, 1.165) is 41.4 Å². The fourth-order valence-electron chi connectivity index (χ4n) is 6.51. The Hall–Kier alpha value is -2.33. The van der Waals surface area contributed by atoms with Crippen LogP contribution in [0.15, 0.2) is 48.5 Å². The van der Waals surface area contributed by atoms with Crippen LogP contribution in [0, 0.1) is 5.92 Å². The van der Waals surface area contributed by atoms with E-state index in [1.807, 2.05) is 55.5 Å². The van der Waals surface area contributed by atoms with Crippen LogP contribution >= 0.6 is 0 Å². The van der Waals surface area contributed by atoms with Crippen molar-refractivity contribution in [3.05, 3.63) is 59.7 Å². The molecular formula is C26H29NO3. The van der Waals surface area contributed by atoms with Gasteiger partial charge in [-0.25, -0.2) is 0 Å². The van der Waals surface area contributed by atoms with E-state index in [9.17, 15) is 4.79 Å². The lowest BCUT2D eigenvalue weighted by Crippen LogP contribution is -2.54. The third kappa shape index (κ3) is 2.46. The van der Waals surface area contributed by atoms with Gasteiger partial charge in [-0.1, -0.05) is 36.4 Å². The molecule has 1 saturated carbocycles. The lowest BCUT2D eigenvalue weighted by atomic mass is 9.74. The molecule has 4 heteroatoms. The minimum atomic E-state index is -0.861. The summed E-state index contributed by atoms with van der Waals surface area (Å²) in [4.78, 5) is 16.4. The van der Waals surface area contributed by atoms with Gasteiger partial charge in [-0.05, 0) is 57.7 Å². The van der Waals surface area contributed by atoms with Crippen LogP contribution in [0.5, 0.6) is 11.5 Å². The lowest BCUT2D eigenvalue weighted by Gasteiger charge is -2.46. The number of benzene rings is 2. The maximum atomic E-state index is 13.8. The molecule has 3 aliphatic heterocycles. The van der Waals surface area contributed by atoms with Crippen molar-refractivity contribution in [3.8, 4) is 11.5 Å². The SMILES string of the molecule is CN1C2CCC1(C1CC1)CC(OC(=O)C1(C)c3ccccc3Oc3ccccc31)C2. The maximum Gasteiger partial charge on any atom is 0.321 e. The van der Waals surface area contributed by atoms with Gasteiger partial charge in [0.1, 0.15) is 23.0 Å². The summed E-state index contributed by atoms with van der Waals surface area (Å²) in [6.45, 7) is 2.00. The molecule has 0 amide bonds. The number of ether oxygens (including phenoxy) is 2. The molecule has 0 spiro atoms. The molecule has 6 rings (SSSR count). The van der Waals surface area contributed by atoms with Gasteiger partial charge in [0.2, 0.25) is 0 Å². The summed E-state index contributed by atoms with van der Waals surface area (Å²) in [6, 6.07) is 16.3. The van der Waals surface area contributed by atoms with Gasteiger partial charge in [0.25, 0.3) is 0 Å². The number of rotatable bonds is 3. The Balaban J connectivity index is 1.34. The largest absolute Gasteiger partial charge is 0.461 e. The average molecular weight is 404 g/mol. The van der Waals surface area contributed by atoms with E-state index in [1.165, 1.54) is 25.7 Å². The van der Waals surface area contributed by atoms with E-state index in [0.29, 0.717) is 6.04 Å². The second kappa shape index (κ2) is 6.34. The molecule has 3 heterocycles. The van der Waals surface area contributed by atoms with Gasteiger partial charge in [0.05, 0.1) is 0 Å². The van der Waals surface area contributed by atoms with Crippen molar-refractivity contribution in [3.63, 3.8) is 0 Å². The molecule has 2 aromatic carbocycles. The van der Waals surface area contributed by atoms with Crippen molar-refractivity contribution in [1.29, 1.82) is 0 Å². The number of para-hydroxylation sites is 2. The summed E-state index contributed by atoms with van der Waals surface area (Å²) in [5.41, 5.74) is 1.17. The molecule has 4 aliphatic rings. The van der Waals surface area contributed by atoms with Gasteiger partial charge in [-0.2, -0.15) is 0 Å². The molecule has 2 saturated heterocycles. The minimum Gasteiger partial charge on any atom is -0.461 e. The molecule has 2 aromatic rings. The van der Waals surface area contributed by atoms with Crippen molar-refractivity contribution >= 4 is 5.97 Å². The number of fused-ring (bicyclic) bond motifs is 4. The number of nitrogens with zero attached hydrogens (tertiary/aromatic N) is 1. The molecule has 156 valence electrons. The number of esters is 1. The standard InChI is InChI=1S/C26H29NO3/c1-25(20-7-3-5-9-22(20)30-23-10-6-4-8-21(23)25)24(28)29-19-15-18-13-14-26(16-19,27(18)2)17-11-12-17/h3-10,17-19H,11-16H2,1-2H3. The van der Waals surface area contributed by atoms with Crippen molar-refractivity contribution in [1.82, 2.24) is 4.90 Å². The van der Waals surface area contributed by atoms with Crippen LogP contribution in [-0.4, -0.2) is 35.6 Å². The van der Waals surface area contributed by atoms with Crippen LogP contribution in [0.1, 0.15) is 56.6 Å². The number of carbonyl (C=O) groups excluding carboxylic acids is 1. The molecule has 3 unspecified atom stereocenters. The average Bonchev–Trinajstić information content (AvgIpc) is 3.58. The molecule has 30 heavy (non-hydrogen) atoms. The molecular weight excluding hydrogens is 374 g/mol. The molecule has 2 bridgehead atoms. The Morgan fingerprint density at radius 2 is 1.67 bits per heavy atom. The predicted octanol–water partition coefficient (Wildman–Crippen LogP) is 5.05. The highest BCUT2D eigenvalue weighted by atomic mass is 16.5. The van der Waals surface area contributed by atoms with Crippen LogP contribution in [0.4, 0.5) is 0 Å². The van der Waals surface area contributed by atoms with Crippen molar-refractivity contribution in [2.24, 2.45) is 5.92 Å². The van der Waals surface area contributed by atoms with E-state index in [4.69, 9.17) is 9.47 Å². The first kappa shape index (κ1) is 18.4. The number of carbonyl (C=O) groups is 1. The zero-order chi connectivity index (χ0) is 20.5. The molecule has 3 fully saturated rings. The van der Waals surface area contributed by atoms with E-state index in [2.05, 4.69) is 11.9 Å². The summed E-state index contributed by atoms with van der Waals surface area (Å²) >= 11 is 0. The predicted molar refractivity (Wildman–Crippen MR) is 115 cm³/mol. The summed E-state index contributed by atoms with van der Waals surface area (Å²) in [5, 5.41) is 0. The van der Waals surface area contributed by atoms with Gasteiger partial charge in [-0.3, -0.25) is 9.69 Å². The van der Waals surface area contributed by atoms with Crippen LogP contribution in [0.3, 0.4) is 0 Å². The Morgan fingerprint density at radius 3 is 2.30 bits per heavy atom. The highest BCUT2D eigenvalue weighted by Crippen LogP contribution is 2.56. The second-order valence-corrected chi connectivity index (χ2v) is 9.87. The van der Waals surface area contributed by atoms with E-state index >= 15 is 0 Å². The van der Waals surface area contributed by atoms with Crippen LogP contribution in [-0.2, 0) is 14.9 Å². The van der Waals surface area contributed by atoms with Gasteiger partial charge < -0.3 is 9.47 Å². The fourth-order valence-corrected chi connectivity index (χ4v) is 6.51. The van der Waals surface area contributed by atoms with E-state index in [-0.39, 0.29) is 17.6 Å². The van der Waals surface area contributed by atoms with Gasteiger partial charge >= 0.3 is 5.97 Å². The number of hydrogen-bond donors (Lipinski definition) is 0. The highest BCUT2D eigenvalue weighted by molar-refractivity contribution is 5.90. The van der Waals surface area contributed by atoms with Gasteiger partial charge in [0.15, 0.2) is 0 Å². The first-order valence-electron chi connectivity index (χ1n) is 11.3. The summed E-state index contributed by atoms with van der Waals surface area (Å²) in [5.74, 6) is 2.13. The normalized spacial score (nSPS) is 31.4. The molecule has 0 N–H and O–H groups in total. The lowest BCUT2D eigenvalue weighted by molar-refractivity contribution is -0.160. The number of hydrogen-bond acceptors (Lipinski definition) is 4. The monoisotopic (exact) mass is 403 g/mol.